The zero-order valence-corrected chi connectivity index (χ0v) is 16.2. The summed E-state index contributed by atoms with van der Waals surface area (Å²) >= 11 is 0. The second-order valence-corrected chi connectivity index (χ2v) is 8.00. The van der Waals surface area contributed by atoms with Gasteiger partial charge in [-0.25, -0.2) is 0 Å². The molecule has 2 atom stereocenters. The molecule has 0 spiro atoms. The molecule has 0 bridgehead atoms. The van der Waals surface area contributed by atoms with Crippen molar-refractivity contribution in [2.75, 3.05) is 18.4 Å². The van der Waals surface area contributed by atoms with E-state index in [0.29, 0.717) is 18.7 Å². The highest BCUT2D eigenvalue weighted by molar-refractivity contribution is 5.94. The van der Waals surface area contributed by atoms with E-state index < -0.39 is 6.10 Å². The van der Waals surface area contributed by atoms with E-state index >= 15 is 0 Å². The number of nitrogens with one attached hydrogen (secondary N) is 2. The molecule has 1 fully saturated rings. The van der Waals surface area contributed by atoms with Gasteiger partial charge in [-0.1, -0.05) is 24.3 Å². The number of hydrogen-bond donors (Lipinski definition) is 3. The van der Waals surface area contributed by atoms with Gasteiger partial charge in [0.1, 0.15) is 18.0 Å². The maximum absolute atomic E-state index is 11.6. The Kier molecular flexibility index (Phi) is 4.73. The van der Waals surface area contributed by atoms with Crippen molar-refractivity contribution >= 4 is 22.5 Å². The van der Waals surface area contributed by atoms with Crippen LogP contribution in [0.15, 0.2) is 48.5 Å². The predicted molar refractivity (Wildman–Crippen MR) is 112 cm³/mol. The Morgan fingerprint density at radius 2 is 2.03 bits per heavy atom. The standard InChI is InChI=1S/C23H25N3O3/c27-21-14-26(13-17-11-16-3-1-2-4-19(16)24-17)10-9-22(21)29-18-7-5-15-6-8-23(28)25-20(15)12-18/h1-5,7,11-12,21-22,24,27H,6,8-10,13-14H2,(H,25,28)/t21-,22-/m1/s1. The Bertz CT molecular complexity index is 1010. The number of nitrogens with zero attached hydrogens (tertiary/aromatic N) is 1. The lowest BCUT2D eigenvalue weighted by Gasteiger charge is -2.35. The Balaban J connectivity index is 1.21. The van der Waals surface area contributed by atoms with Crippen LogP contribution < -0.4 is 10.1 Å². The molecule has 3 N–H and O–H groups in total. The molecule has 0 radical (unpaired) electrons. The molecular weight excluding hydrogens is 366 g/mol. The van der Waals surface area contributed by atoms with Crippen LogP contribution in [0.2, 0.25) is 0 Å². The third kappa shape index (κ3) is 3.86. The van der Waals surface area contributed by atoms with E-state index in [4.69, 9.17) is 4.74 Å². The molecule has 1 amide bonds. The fourth-order valence-electron chi connectivity index (χ4n) is 4.32. The van der Waals surface area contributed by atoms with Gasteiger partial charge in [-0.2, -0.15) is 0 Å². The fraction of sp³-hybridized carbons (Fsp3) is 0.348. The average Bonchev–Trinajstić information content (AvgIpc) is 3.12. The van der Waals surface area contributed by atoms with Crippen molar-refractivity contribution in [2.45, 2.75) is 38.0 Å². The van der Waals surface area contributed by atoms with Gasteiger partial charge in [0.15, 0.2) is 0 Å². The Hall–Kier alpha value is -2.83. The molecule has 150 valence electrons. The fourth-order valence-corrected chi connectivity index (χ4v) is 4.32. The summed E-state index contributed by atoms with van der Waals surface area (Å²) in [5, 5.41) is 14.8. The van der Waals surface area contributed by atoms with Crippen LogP contribution in [0.25, 0.3) is 10.9 Å². The van der Waals surface area contributed by atoms with E-state index in [1.165, 1.54) is 5.39 Å². The number of carbonyl (C=O) groups excluding carboxylic acids is 1. The number of H-pyrrole nitrogens is 1. The van der Waals surface area contributed by atoms with Gasteiger partial charge in [0.25, 0.3) is 0 Å². The number of aromatic amines is 1. The number of para-hydroxylation sites is 1. The van der Waals surface area contributed by atoms with Crippen LogP contribution >= 0.6 is 0 Å². The lowest BCUT2D eigenvalue weighted by Crippen LogP contribution is -2.48. The topological polar surface area (TPSA) is 77.6 Å². The van der Waals surface area contributed by atoms with E-state index in [-0.39, 0.29) is 12.0 Å². The molecule has 6 heteroatoms. The molecule has 6 nitrogen and oxygen atoms in total. The number of amides is 1. The first-order valence-corrected chi connectivity index (χ1v) is 10.2. The average molecular weight is 391 g/mol. The first-order chi connectivity index (χ1) is 14.1. The summed E-state index contributed by atoms with van der Waals surface area (Å²) in [6, 6.07) is 16.2. The number of piperidine rings is 1. The number of fused-ring (bicyclic) bond motifs is 2. The van der Waals surface area contributed by atoms with Crippen molar-refractivity contribution in [1.29, 1.82) is 0 Å². The molecule has 0 saturated carbocycles. The van der Waals surface area contributed by atoms with Gasteiger partial charge in [0.2, 0.25) is 5.91 Å². The number of anilines is 1. The van der Waals surface area contributed by atoms with Crippen molar-refractivity contribution in [3.63, 3.8) is 0 Å². The zero-order chi connectivity index (χ0) is 19.8. The van der Waals surface area contributed by atoms with Crippen molar-refractivity contribution in [3.05, 3.63) is 59.8 Å². The molecule has 1 aromatic heterocycles. The lowest BCUT2D eigenvalue weighted by molar-refractivity contribution is -0.116. The molecule has 3 heterocycles. The summed E-state index contributed by atoms with van der Waals surface area (Å²) in [5.74, 6) is 0.735. The Morgan fingerprint density at radius 3 is 2.90 bits per heavy atom. The van der Waals surface area contributed by atoms with Crippen LogP contribution in [0.4, 0.5) is 5.69 Å². The van der Waals surface area contributed by atoms with Crippen molar-refractivity contribution in [3.8, 4) is 5.75 Å². The molecule has 5 rings (SSSR count). The molecule has 0 aliphatic carbocycles. The van der Waals surface area contributed by atoms with Gasteiger partial charge in [0, 0.05) is 49.0 Å². The highest BCUT2D eigenvalue weighted by atomic mass is 16.5. The normalized spacial score (nSPS) is 22.3. The largest absolute Gasteiger partial charge is 0.488 e. The molecule has 29 heavy (non-hydrogen) atoms. The number of aliphatic hydroxyl groups excluding tert-OH is 1. The number of aromatic nitrogens is 1. The second-order valence-electron chi connectivity index (χ2n) is 8.00. The number of aliphatic hydroxyl groups is 1. The van der Waals surface area contributed by atoms with Crippen LogP contribution in [0.1, 0.15) is 24.1 Å². The zero-order valence-electron chi connectivity index (χ0n) is 16.2. The predicted octanol–water partition coefficient (Wildman–Crippen LogP) is 3.07. The number of aryl methyl sites for hydroxylation is 1. The minimum Gasteiger partial charge on any atom is -0.488 e. The highest BCUT2D eigenvalue weighted by Crippen LogP contribution is 2.29. The van der Waals surface area contributed by atoms with E-state index in [2.05, 4.69) is 33.4 Å². The first kappa shape index (κ1) is 18.2. The van der Waals surface area contributed by atoms with Gasteiger partial charge in [-0.05, 0) is 42.0 Å². The molecule has 0 unspecified atom stereocenters. The number of β-amino-alcohol motifs (C(OH)–C–C–N with tert-alkyl or cyclic N) is 1. The van der Waals surface area contributed by atoms with Crippen LogP contribution in [-0.4, -0.2) is 46.2 Å². The number of carbonyl (C=O) groups is 1. The molecular formula is C23H25N3O3. The van der Waals surface area contributed by atoms with E-state index in [1.54, 1.807) is 0 Å². The number of benzene rings is 2. The summed E-state index contributed by atoms with van der Waals surface area (Å²) in [5.41, 5.74) is 4.25. The number of hydrogen-bond acceptors (Lipinski definition) is 4. The smallest absolute Gasteiger partial charge is 0.224 e. The monoisotopic (exact) mass is 391 g/mol. The van der Waals surface area contributed by atoms with Gasteiger partial charge >= 0.3 is 0 Å². The Morgan fingerprint density at radius 1 is 1.14 bits per heavy atom. The number of rotatable bonds is 4. The summed E-state index contributed by atoms with van der Waals surface area (Å²) in [7, 11) is 0. The molecule has 2 aliphatic rings. The SMILES string of the molecule is O=C1CCc2ccc(O[C@@H]3CCN(Cc4cc5ccccc5[nH]4)C[C@H]3O)cc2N1. The molecule has 3 aromatic rings. The van der Waals surface area contributed by atoms with Crippen molar-refractivity contribution in [1.82, 2.24) is 9.88 Å². The van der Waals surface area contributed by atoms with Crippen molar-refractivity contribution < 1.29 is 14.6 Å². The first-order valence-electron chi connectivity index (χ1n) is 10.2. The third-order valence-electron chi connectivity index (χ3n) is 5.85. The molecule has 2 aromatic carbocycles. The quantitative estimate of drug-likeness (QED) is 0.639. The maximum atomic E-state index is 11.6. The summed E-state index contributed by atoms with van der Waals surface area (Å²) < 4.78 is 6.08. The summed E-state index contributed by atoms with van der Waals surface area (Å²) in [6.07, 6.45) is 1.24. The van der Waals surface area contributed by atoms with Gasteiger partial charge < -0.3 is 20.1 Å². The van der Waals surface area contributed by atoms with E-state index in [9.17, 15) is 9.90 Å². The minimum atomic E-state index is -0.557. The van der Waals surface area contributed by atoms with E-state index in [0.717, 1.165) is 48.4 Å². The summed E-state index contributed by atoms with van der Waals surface area (Å²) in [4.78, 5) is 17.3. The maximum Gasteiger partial charge on any atom is 0.224 e. The third-order valence-corrected chi connectivity index (χ3v) is 5.85. The molecule has 1 saturated heterocycles. The van der Waals surface area contributed by atoms with Crippen LogP contribution in [0.5, 0.6) is 5.75 Å². The van der Waals surface area contributed by atoms with Gasteiger partial charge in [-0.3, -0.25) is 9.69 Å². The minimum absolute atomic E-state index is 0.0416. The summed E-state index contributed by atoms with van der Waals surface area (Å²) in [6.45, 7) is 2.21. The number of ether oxygens (including phenoxy) is 1. The second kappa shape index (κ2) is 7.54. The molecule has 2 aliphatic heterocycles. The van der Waals surface area contributed by atoms with Crippen LogP contribution in [0, 0.1) is 0 Å². The van der Waals surface area contributed by atoms with Crippen LogP contribution in [-0.2, 0) is 17.8 Å². The van der Waals surface area contributed by atoms with Crippen molar-refractivity contribution in [2.24, 2.45) is 0 Å². The lowest BCUT2D eigenvalue weighted by atomic mass is 10.0. The van der Waals surface area contributed by atoms with Crippen LogP contribution in [0.3, 0.4) is 0 Å². The highest BCUT2D eigenvalue weighted by Gasteiger charge is 2.30. The number of likely N-dealkylation sites (tertiary alicyclic amines) is 1. The Labute approximate surface area is 169 Å². The van der Waals surface area contributed by atoms with E-state index in [1.807, 2.05) is 30.3 Å². The van der Waals surface area contributed by atoms with Gasteiger partial charge in [0.05, 0.1) is 0 Å². The van der Waals surface area contributed by atoms with Gasteiger partial charge in [-0.15, -0.1) is 0 Å².